The summed E-state index contributed by atoms with van der Waals surface area (Å²) in [5, 5.41) is 13.3. The van der Waals surface area contributed by atoms with Crippen molar-refractivity contribution in [2.75, 3.05) is 0 Å². The number of halogens is 2. The number of hydrogen-bond acceptors (Lipinski definition) is 3. The summed E-state index contributed by atoms with van der Waals surface area (Å²) >= 11 is 9.36. The molecular weight excluding hydrogens is 420 g/mol. The van der Waals surface area contributed by atoms with Crippen LogP contribution in [0.3, 0.4) is 0 Å². The highest BCUT2D eigenvalue weighted by molar-refractivity contribution is 9.10. The van der Waals surface area contributed by atoms with Crippen molar-refractivity contribution in [2.45, 2.75) is 12.5 Å². The maximum atomic E-state index is 12.7. The second-order valence-electron chi connectivity index (χ2n) is 5.68. The van der Waals surface area contributed by atoms with Crippen LogP contribution in [0.5, 0.6) is 0 Å². The quantitative estimate of drug-likeness (QED) is 0.635. The van der Waals surface area contributed by atoms with E-state index in [1.54, 1.807) is 42.5 Å². The number of fused-ring (bicyclic) bond motifs is 1. The van der Waals surface area contributed by atoms with Gasteiger partial charge in [-0.25, -0.2) is 4.79 Å². The topological polar surface area (TPSA) is 79.3 Å². The summed E-state index contributed by atoms with van der Waals surface area (Å²) in [5.74, 6) is -1.59. The summed E-state index contributed by atoms with van der Waals surface area (Å²) in [4.78, 5) is 28.5. The molecule has 0 fully saturated rings. The molecule has 1 amide bonds. The van der Waals surface area contributed by atoms with Crippen molar-refractivity contribution in [3.63, 3.8) is 0 Å². The Balaban J connectivity index is 1.87. The fourth-order valence-electron chi connectivity index (χ4n) is 2.65. The number of benzene rings is 2. The third kappa shape index (κ3) is 4.03. The van der Waals surface area contributed by atoms with Crippen LogP contribution in [0.4, 0.5) is 0 Å². The lowest BCUT2D eigenvalue weighted by Crippen LogP contribution is -2.42. The van der Waals surface area contributed by atoms with Gasteiger partial charge < -0.3 is 10.4 Å². The van der Waals surface area contributed by atoms with Gasteiger partial charge in [0, 0.05) is 27.5 Å². The Labute approximate surface area is 163 Å². The van der Waals surface area contributed by atoms with Crippen molar-refractivity contribution in [2.24, 2.45) is 0 Å². The molecule has 1 heterocycles. The number of aliphatic carboxylic acids is 1. The number of hydrogen-bond donors (Lipinski definition) is 2. The summed E-state index contributed by atoms with van der Waals surface area (Å²) < 4.78 is 0.733. The summed E-state index contributed by atoms with van der Waals surface area (Å²) in [6.45, 7) is 0. The molecule has 0 saturated carbocycles. The van der Waals surface area contributed by atoms with Gasteiger partial charge in [0.1, 0.15) is 6.04 Å². The van der Waals surface area contributed by atoms with Crippen LogP contribution in [0, 0.1) is 0 Å². The minimum atomic E-state index is -1.12. The number of para-hydroxylation sites is 1. The number of amides is 1. The van der Waals surface area contributed by atoms with Gasteiger partial charge in [-0.1, -0.05) is 45.7 Å². The van der Waals surface area contributed by atoms with E-state index in [1.807, 2.05) is 6.07 Å². The van der Waals surface area contributed by atoms with Crippen LogP contribution in [0.2, 0.25) is 5.02 Å². The van der Waals surface area contributed by atoms with Gasteiger partial charge in [0.25, 0.3) is 5.91 Å². The van der Waals surface area contributed by atoms with Crippen molar-refractivity contribution in [3.8, 4) is 0 Å². The van der Waals surface area contributed by atoms with Gasteiger partial charge in [0.15, 0.2) is 0 Å². The predicted octanol–water partition coefficient (Wildman–Crippen LogP) is 4.08. The van der Waals surface area contributed by atoms with Crippen molar-refractivity contribution in [3.05, 3.63) is 75.4 Å². The normalized spacial score (nSPS) is 11.9. The van der Waals surface area contributed by atoms with E-state index in [1.165, 1.54) is 6.20 Å². The molecule has 1 atom stereocenters. The maximum Gasteiger partial charge on any atom is 0.326 e. The number of carboxylic acid groups (broad SMARTS) is 1. The van der Waals surface area contributed by atoms with Crippen LogP contribution in [0.15, 0.2) is 59.2 Å². The zero-order chi connectivity index (χ0) is 18.7. The molecular formula is C19H14BrClN2O3. The van der Waals surface area contributed by atoms with E-state index in [2.05, 4.69) is 26.2 Å². The van der Waals surface area contributed by atoms with Gasteiger partial charge in [-0.2, -0.15) is 0 Å². The van der Waals surface area contributed by atoms with Crippen LogP contribution >= 0.6 is 27.5 Å². The number of pyridine rings is 1. The standard InChI is InChI=1S/C19H14BrClN2O3/c20-15-6-5-12(21)9-11(15)10-17(19(25)26)23-18(24)14-7-8-22-16-4-2-1-3-13(14)16/h1-9,17H,10H2,(H,23,24)(H,25,26)/t17-/m0/s1. The lowest BCUT2D eigenvalue weighted by atomic mass is 10.0. The molecule has 0 aliphatic rings. The summed E-state index contributed by atoms with van der Waals surface area (Å²) in [5.41, 5.74) is 1.75. The summed E-state index contributed by atoms with van der Waals surface area (Å²) in [6.07, 6.45) is 1.63. The molecule has 2 N–H and O–H groups in total. The van der Waals surface area contributed by atoms with Crippen LogP contribution in [-0.2, 0) is 11.2 Å². The van der Waals surface area contributed by atoms with Gasteiger partial charge >= 0.3 is 5.97 Å². The average molecular weight is 434 g/mol. The Morgan fingerprint density at radius 3 is 2.73 bits per heavy atom. The lowest BCUT2D eigenvalue weighted by molar-refractivity contribution is -0.139. The third-order valence-corrected chi connectivity index (χ3v) is 4.94. The first-order chi connectivity index (χ1) is 12.5. The van der Waals surface area contributed by atoms with Crippen LogP contribution in [0.25, 0.3) is 10.9 Å². The zero-order valence-corrected chi connectivity index (χ0v) is 15.8. The minimum absolute atomic E-state index is 0.102. The van der Waals surface area contributed by atoms with Crippen molar-refractivity contribution in [1.29, 1.82) is 0 Å². The van der Waals surface area contributed by atoms with E-state index in [9.17, 15) is 14.7 Å². The maximum absolute atomic E-state index is 12.7. The minimum Gasteiger partial charge on any atom is -0.480 e. The fraction of sp³-hybridized carbons (Fsp3) is 0.105. The van der Waals surface area contributed by atoms with E-state index in [4.69, 9.17) is 11.6 Å². The Kier molecular flexibility index (Phi) is 5.54. The number of nitrogens with one attached hydrogen (secondary N) is 1. The first-order valence-corrected chi connectivity index (χ1v) is 8.94. The number of carbonyl (C=O) groups excluding carboxylic acids is 1. The second-order valence-corrected chi connectivity index (χ2v) is 6.97. The molecule has 1 aromatic heterocycles. The molecule has 3 aromatic rings. The average Bonchev–Trinajstić information content (AvgIpc) is 2.63. The molecule has 2 aromatic carbocycles. The van der Waals surface area contributed by atoms with Gasteiger partial charge in [-0.15, -0.1) is 0 Å². The molecule has 0 unspecified atom stereocenters. The highest BCUT2D eigenvalue weighted by Crippen LogP contribution is 2.23. The summed E-state index contributed by atoms with van der Waals surface area (Å²) in [7, 11) is 0. The molecule has 0 radical (unpaired) electrons. The second kappa shape index (κ2) is 7.85. The molecule has 3 rings (SSSR count). The van der Waals surface area contributed by atoms with Crippen molar-refractivity contribution in [1.82, 2.24) is 10.3 Å². The van der Waals surface area contributed by atoms with E-state index >= 15 is 0 Å². The smallest absolute Gasteiger partial charge is 0.326 e. The van der Waals surface area contributed by atoms with E-state index in [0.29, 0.717) is 27.1 Å². The first kappa shape index (κ1) is 18.4. The predicted molar refractivity (Wildman–Crippen MR) is 103 cm³/mol. The SMILES string of the molecule is O=C(N[C@@H](Cc1cc(Cl)ccc1Br)C(=O)O)c1ccnc2ccccc12. The Bertz CT molecular complexity index is 988. The van der Waals surface area contributed by atoms with Crippen molar-refractivity contribution >= 4 is 50.3 Å². The van der Waals surface area contributed by atoms with Gasteiger partial charge in [-0.3, -0.25) is 9.78 Å². The molecule has 0 aliphatic carbocycles. The molecule has 5 nitrogen and oxygen atoms in total. The molecule has 0 aliphatic heterocycles. The highest BCUT2D eigenvalue weighted by atomic mass is 79.9. The molecule has 7 heteroatoms. The Morgan fingerprint density at radius 1 is 1.19 bits per heavy atom. The molecule has 0 saturated heterocycles. The Hall–Kier alpha value is -2.44. The largest absolute Gasteiger partial charge is 0.480 e. The number of rotatable bonds is 5. The molecule has 0 bridgehead atoms. The molecule has 0 spiro atoms. The monoisotopic (exact) mass is 432 g/mol. The van der Waals surface area contributed by atoms with Crippen LogP contribution in [-0.4, -0.2) is 28.0 Å². The highest BCUT2D eigenvalue weighted by Gasteiger charge is 2.23. The van der Waals surface area contributed by atoms with Gasteiger partial charge in [0.05, 0.1) is 11.1 Å². The van der Waals surface area contributed by atoms with E-state index in [0.717, 1.165) is 4.47 Å². The van der Waals surface area contributed by atoms with Crippen molar-refractivity contribution < 1.29 is 14.7 Å². The molecule has 132 valence electrons. The lowest BCUT2D eigenvalue weighted by Gasteiger charge is -2.16. The number of nitrogens with zero attached hydrogens (tertiary/aromatic N) is 1. The third-order valence-electron chi connectivity index (χ3n) is 3.93. The van der Waals surface area contributed by atoms with Gasteiger partial charge in [-0.05, 0) is 35.9 Å². The van der Waals surface area contributed by atoms with Crippen LogP contribution in [0.1, 0.15) is 15.9 Å². The van der Waals surface area contributed by atoms with Crippen LogP contribution < -0.4 is 5.32 Å². The summed E-state index contributed by atoms with van der Waals surface area (Å²) in [6, 6.07) is 12.8. The number of carboxylic acids is 1. The number of aromatic nitrogens is 1. The molecule has 26 heavy (non-hydrogen) atoms. The zero-order valence-electron chi connectivity index (χ0n) is 13.4. The van der Waals surface area contributed by atoms with E-state index < -0.39 is 17.9 Å². The fourth-order valence-corrected chi connectivity index (χ4v) is 3.25. The van der Waals surface area contributed by atoms with E-state index in [-0.39, 0.29) is 6.42 Å². The first-order valence-electron chi connectivity index (χ1n) is 7.77. The Morgan fingerprint density at radius 2 is 1.96 bits per heavy atom. The number of carbonyl (C=O) groups is 2. The van der Waals surface area contributed by atoms with Gasteiger partial charge in [0.2, 0.25) is 0 Å².